The van der Waals surface area contributed by atoms with Gasteiger partial charge >= 0.3 is 6.03 Å². The van der Waals surface area contributed by atoms with Gasteiger partial charge in [-0.1, -0.05) is 25.1 Å². The maximum absolute atomic E-state index is 12.2. The molecule has 0 aliphatic heterocycles. The Morgan fingerprint density at radius 3 is 2.74 bits per heavy atom. The fourth-order valence-electron chi connectivity index (χ4n) is 2.39. The second-order valence-electron chi connectivity index (χ2n) is 5.17. The molecule has 2 aromatic heterocycles. The van der Waals surface area contributed by atoms with E-state index in [1.54, 1.807) is 10.7 Å². The fraction of sp³-hybridized carbons (Fsp3) is 0.235. The summed E-state index contributed by atoms with van der Waals surface area (Å²) < 4.78 is 1.76. The van der Waals surface area contributed by atoms with Crippen LogP contribution in [0.4, 0.5) is 16.3 Å². The molecular weight excluding hydrogens is 290 g/mol. The second kappa shape index (κ2) is 6.48. The van der Waals surface area contributed by atoms with Crippen molar-refractivity contribution in [1.29, 1.82) is 0 Å². The van der Waals surface area contributed by atoms with E-state index in [9.17, 15) is 4.79 Å². The van der Waals surface area contributed by atoms with E-state index >= 15 is 0 Å². The predicted octanol–water partition coefficient (Wildman–Crippen LogP) is 3.66. The lowest BCUT2D eigenvalue weighted by Crippen LogP contribution is -2.20. The van der Waals surface area contributed by atoms with Crippen molar-refractivity contribution in [2.24, 2.45) is 0 Å². The lowest BCUT2D eigenvalue weighted by Gasteiger charge is -2.10. The SMILES string of the molecule is CCc1cc(NC(=O)Nc2ccn(CC)n2)c2ccccc2n1. The van der Waals surface area contributed by atoms with Crippen LogP contribution in [0.3, 0.4) is 0 Å². The zero-order valence-electron chi connectivity index (χ0n) is 13.2. The number of hydrogen-bond donors (Lipinski definition) is 2. The number of aromatic nitrogens is 3. The number of fused-ring (bicyclic) bond motifs is 1. The number of para-hydroxylation sites is 1. The number of urea groups is 1. The number of carbonyl (C=O) groups is 1. The van der Waals surface area contributed by atoms with Gasteiger partial charge in [0.15, 0.2) is 5.82 Å². The number of nitrogens with zero attached hydrogens (tertiary/aromatic N) is 3. The Labute approximate surface area is 134 Å². The maximum Gasteiger partial charge on any atom is 0.324 e. The molecular formula is C17H19N5O. The highest BCUT2D eigenvalue weighted by Gasteiger charge is 2.09. The minimum absolute atomic E-state index is 0.315. The van der Waals surface area contributed by atoms with Crippen LogP contribution in [-0.4, -0.2) is 20.8 Å². The quantitative estimate of drug-likeness (QED) is 0.772. The highest BCUT2D eigenvalue weighted by molar-refractivity contribution is 6.05. The normalized spacial score (nSPS) is 10.7. The number of rotatable bonds is 4. The van der Waals surface area contributed by atoms with E-state index < -0.39 is 0 Å². The summed E-state index contributed by atoms with van der Waals surface area (Å²) >= 11 is 0. The van der Waals surface area contributed by atoms with Crippen molar-refractivity contribution >= 4 is 28.4 Å². The first-order valence-electron chi connectivity index (χ1n) is 7.69. The number of pyridine rings is 1. The van der Waals surface area contributed by atoms with Crippen molar-refractivity contribution in [3.8, 4) is 0 Å². The summed E-state index contributed by atoms with van der Waals surface area (Å²) in [5, 5.41) is 10.8. The lowest BCUT2D eigenvalue weighted by atomic mass is 10.1. The molecule has 3 rings (SSSR count). The van der Waals surface area contributed by atoms with Crippen LogP contribution in [0.15, 0.2) is 42.6 Å². The van der Waals surface area contributed by atoms with Gasteiger partial charge in [-0.25, -0.2) is 4.79 Å². The van der Waals surface area contributed by atoms with Gasteiger partial charge < -0.3 is 5.32 Å². The summed E-state index contributed by atoms with van der Waals surface area (Å²) in [5.41, 5.74) is 2.56. The molecule has 0 bridgehead atoms. The molecule has 23 heavy (non-hydrogen) atoms. The van der Waals surface area contributed by atoms with E-state index in [1.807, 2.05) is 50.4 Å². The number of benzene rings is 1. The monoisotopic (exact) mass is 309 g/mol. The molecule has 2 amide bonds. The summed E-state index contributed by atoms with van der Waals surface area (Å²) in [6.07, 6.45) is 2.63. The molecule has 118 valence electrons. The number of amides is 2. The summed E-state index contributed by atoms with van der Waals surface area (Å²) in [4.78, 5) is 16.8. The van der Waals surface area contributed by atoms with E-state index in [0.717, 1.165) is 35.2 Å². The Bertz CT molecular complexity index is 840. The average Bonchev–Trinajstić information content (AvgIpc) is 3.02. The van der Waals surface area contributed by atoms with Crippen LogP contribution in [0.2, 0.25) is 0 Å². The van der Waals surface area contributed by atoms with E-state index in [0.29, 0.717) is 5.82 Å². The molecule has 0 unspecified atom stereocenters. The van der Waals surface area contributed by atoms with Gasteiger partial charge in [-0.15, -0.1) is 0 Å². The third-order valence-electron chi connectivity index (χ3n) is 3.59. The zero-order valence-corrected chi connectivity index (χ0v) is 13.2. The molecule has 3 aromatic rings. The summed E-state index contributed by atoms with van der Waals surface area (Å²) in [7, 11) is 0. The molecule has 0 aliphatic carbocycles. The molecule has 0 radical (unpaired) electrons. The van der Waals surface area contributed by atoms with Crippen molar-refractivity contribution in [3.05, 3.63) is 48.3 Å². The summed E-state index contributed by atoms with van der Waals surface area (Å²) in [5.74, 6) is 0.526. The van der Waals surface area contributed by atoms with E-state index in [1.165, 1.54) is 0 Å². The number of hydrogen-bond acceptors (Lipinski definition) is 3. The molecule has 2 heterocycles. The lowest BCUT2D eigenvalue weighted by molar-refractivity contribution is 0.262. The standard InChI is InChI=1S/C17H19N5O/c1-3-12-11-15(13-7-5-6-8-14(13)18-12)19-17(23)20-16-9-10-22(4-2)21-16/h5-11H,3-4H2,1-2H3,(H2,18,19,20,21,23). The number of aryl methyl sites for hydroxylation is 2. The average molecular weight is 309 g/mol. The largest absolute Gasteiger partial charge is 0.324 e. The van der Waals surface area contributed by atoms with Gasteiger partial charge in [0.25, 0.3) is 0 Å². The molecule has 0 aliphatic rings. The van der Waals surface area contributed by atoms with Gasteiger partial charge in [-0.05, 0) is 25.5 Å². The first-order chi connectivity index (χ1) is 11.2. The molecule has 0 fully saturated rings. The van der Waals surface area contributed by atoms with Crippen LogP contribution < -0.4 is 10.6 Å². The Morgan fingerprint density at radius 2 is 2.00 bits per heavy atom. The molecule has 6 heteroatoms. The first kappa shape index (κ1) is 15.0. The van der Waals surface area contributed by atoms with Crippen LogP contribution in [0.1, 0.15) is 19.5 Å². The minimum atomic E-state index is -0.315. The first-order valence-corrected chi connectivity index (χ1v) is 7.69. The van der Waals surface area contributed by atoms with Crippen LogP contribution >= 0.6 is 0 Å². The van der Waals surface area contributed by atoms with Crippen molar-refractivity contribution in [2.45, 2.75) is 26.8 Å². The van der Waals surface area contributed by atoms with Crippen LogP contribution in [0.25, 0.3) is 10.9 Å². The topological polar surface area (TPSA) is 71.8 Å². The summed E-state index contributed by atoms with van der Waals surface area (Å²) in [6.45, 7) is 4.79. The van der Waals surface area contributed by atoms with E-state index in [4.69, 9.17) is 0 Å². The predicted molar refractivity (Wildman–Crippen MR) is 91.7 cm³/mol. The van der Waals surface area contributed by atoms with Gasteiger partial charge in [0.2, 0.25) is 0 Å². The number of anilines is 2. The van der Waals surface area contributed by atoms with Crippen LogP contribution in [-0.2, 0) is 13.0 Å². The Balaban J connectivity index is 1.83. The smallest absolute Gasteiger partial charge is 0.307 e. The highest BCUT2D eigenvalue weighted by Crippen LogP contribution is 2.23. The van der Waals surface area contributed by atoms with Crippen molar-refractivity contribution in [2.75, 3.05) is 10.6 Å². The van der Waals surface area contributed by atoms with E-state index in [2.05, 4.69) is 20.7 Å². The van der Waals surface area contributed by atoms with E-state index in [-0.39, 0.29) is 6.03 Å². The van der Waals surface area contributed by atoms with Gasteiger partial charge in [0.05, 0.1) is 11.2 Å². The Morgan fingerprint density at radius 1 is 1.17 bits per heavy atom. The third-order valence-corrected chi connectivity index (χ3v) is 3.59. The molecule has 1 aromatic carbocycles. The van der Waals surface area contributed by atoms with Crippen molar-refractivity contribution < 1.29 is 4.79 Å². The maximum atomic E-state index is 12.2. The fourth-order valence-corrected chi connectivity index (χ4v) is 2.39. The second-order valence-corrected chi connectivity index (χ2v) is 5.17. The van der Waals surface area contributed by atoms with Crippen LogP contribution in [0.5, 0.6) is 0 Å². The van der Waals surface area contributed by atoms with Gasteiger partial charge in [-0.2, -0.15) is 5.10 Å². The Hall–Kier alpha value is -2.89. The number of nitrogens with one attached hydrogen (secondary N) is 2. The van der Waals surface area contributed by atoms with Crippen LogP contribution in [0, 0.1) is 0 Å². The molecule has 2 N–H and O–H groups in total. The van der Waals surface area contributed by atoms with Crippen molar-refractivity contribution in [3.63, 3.8) is 0 Å². The summed E-state index contributed by atoms with van der Waals surface area (Å²) in [6, 6.07) is 11.1. The molecule has 0 saturated carbocycles. The third kappa shape index (κ3) is 3.31. The number of carbonyl (C=O) groups excluding carboxylic acids is 1. The Kier molecular flexibility index (Phi) is 4.23. The highest BCUT2D eigenvalue weighted by atomic mass is 16.2. The molecule has 6 nitrogen and oxygen atoms in total. The minimum Gasteiger partial charge on any atom is -0.307 e. The zero-order chi connectivity index (χ0) is 16.2. The van der Waals surface area contributed by atoms with Crippen molar-refractivity contribution in [1.82, 2.24) is 14.8 Å². The van der Waals surface area contributed by atoms with Gasteiger partial charge in [-0.3, -0.25) is 15.0 Å². The molecule has 0 atom stereocenters. The van der Waals surface area contributed by atoms with Gasteiger partial charge in [0, 0.05) is 29.9 Å². The molecule has 0 spiro atoms. The van der Waals surface area contributed by atoms with Gasteiger partial charge in [0.1, 0.15) is 0 Å². The molecule has 0 saturated heterocycles.